The molecule has 0 bridgehead atoms. The smallest absolute Gasteiger partial charge is 0.272 e. The average molecular weight is 284 g/mol. The van der Waals surface area contributed by atoms with Gasteiger partial charge in [-0.2, -0.15) is 0 Å². The zero-order chi connectivity index (χ0) is 15.1. The van der Waals surface area contributed by atoms with Crippen molar-refractivity contribution in [3.8, 4) is 5.75 Å². The molecule has 0 aliphatic rings. The van der Waals surface area contributed by atoms with E-state index in [-0.39, 0.29) is 18.6 Å². The van der Waals surface area contributed by atoms with Gasteiger partial charge in [-0.05, 0) is 31.5 Å². The van der Waals surface area contributed by atoms with E-state index in [1.165, 1.54) is 0 Å². The number of amides is 1. The summed E-state index contributed by atoms with van der Waals surface area (Å²) in [7, 11) is 0. The minimum Gasteiger partial charge on any atom is -0.484 e. The van der Waals surface area contributed by atoms with Crippen LogP contribution in [0.3, 0.4) is 0 Å². The van der Waals surface area contributed by atoms with E-state index in [4.69, 9.17) is 4.74 Å². The number of hydrogen-bond donors (Lipinski definition) is 2. The van der Waals surface area contributed by atoms with Crippen molar-refractivity contribution in [3.63, 3.8) is 0 Å². The molecule has 2 aromatic rings. The van der Waals surface area contributed by atoms with Crippen molar-refractivity contribution in [1.82, 2.24) is 10.9 Å². The summed E-state index contributed by atoms with van der Waals surface area (Å²) in [6, 6.07) is 17.5. The number of carbonyl (C=O) groups excluding carboxylic acids is 1. The highest BCUT2D eigenvalue weighted by molar-refractivity contribution is 5.77. The first-order valence-electron chi connectivity index (χ1n) is 6.94. The maximum atomic E-state index is 11.7. The van der Waals surface area contributed by atoms with Crippen molar-refractivity contribution < 1.29 is 9.53 Å². The fraction of sp³-hybridized carbons (Fsp3) is 0.235. The fourth-order valence-electron chi connectivity index (χ4n) is 1.83. The molecule has 21 heavy (non-hydrogen) atoms. The molecule has 0 saturated heterocycles. The lowest BCUT2D eigenvalue weighted by atomic mass is 10.1. The fourth-order valence-corrected chi connectivity index (χ4v) is 1.83. The van der Waals surface area contributed by atoms with Crippen molar-refractivity contribution in [2.45, 2.75) is 19.9 Å². The van der Waals surface area contributed by atoms with Crippen molar-refractivity contribution >= 4 is 5.91 Å². The van der Waals surface area contributed by atoms with Gasteiger partial charge < -0.3 is 4.74 Å². The summed E-state index contributed by atoms with van der Waals surface area (Å²) < 4.78 is 5.41. The highest BCUT2D eigenvalue weighted by Crippen LogP contribution is 2.11. The third kappa shape index (κ3) is 4.93. The van der Waals surface area contributed by atoms with E-state index in [0.717, 1.165) is 11.1 Å². The van der Waals surface area contributed by atoms with Crippen LogP contribution in [0.5, 0.6) is 5.75 Å². The average Bonchev–Trinajstić information content (AvgIpc) is 2.53. The van der Waals surface area contributed by atoms with E-state index in [1.807, 2.05) is 68.4 Å². The van der Waals surface area contributed by atoms with Crippen LogP contribution in [-0.4, -0.2) is 12.5 Å². The Labute approximate surface area is 125 Å². The second-order valence-corrected chi connectivity index (χ2v) is 4.93. The minimum atomic E-state index is -0.210. The molecule has 0 aromatic heterocycles. The third-order valence-corrected chi connectivity index (χ3v) is 3.12. The Morgan fingerprint density at radius 1 is 1.10 bits per heavy atom. The number of carbonyl (C=O) groups is 1. The second kappa shape index (κ2) is 7.45. The zero-order valence-electron chi connectivity index (χ0n) is 12.3. The Balaban J connectivity index is 1.73. The van der Waals surface area contributed by atoms with E-state index in [1.54, 1.807) is 0 Å². The molecule has 0 heterocycles. The highest BCUT2D eigenvalue weighted by atomic mass is 16.5. The second-order valence-electron chi connectivity index (χ2n) is 4.93. The summed E-state index contributed by atoms with van der Waals surface area (Å²) in [5, 5.41) is 0. The summed E-state index contributed by atoms with van der Waals surface area (Å²) in [6.45, 7) is 3.97. The first kappa shape index (κ1) is 15.1. The van der Waals surface area contributed by atoms with Gasteiger partial charge in [0.1, 0.15) is 5.75 Å². The van der Waals surface area contributed by atoms with Crippen LogP contribution in [0.25, 0.3) is 0 Å². The molecule has 0 saturated carbocycles. The summed E-state index contributed by atoms with van der Waals surface area (Å²) in [4.78, 5) is 11.7. The molecule has 2 rings (SSSR count). The van der Waals surface area contributed by atoms with Crippen LogP contribution in [0.4, 0.5) is 0 Å². The number of hydrazine groups is 1. The van der Waals surface area contributed by atoms with Crippen LogP contribution in [-0.2, 0) is 4.79 Å². The van der Waals surface area contributed by atoms with Gasteiger partial charge in [0, 0.05) is 6.04 Å². The SMILES string of the molecule is Cc1ccc(OCC(=O)NNC(C)c2ccccc2)cc1. The Morgan fingerprint density at radius 3 is 2.43 bits per heavy atom. The molecular weight excluding hydrogens is 264 g/mol. The van der Waals surface area contributed by atoms with Gasteiger partial charge in [-0.3, -0.25) is 10.2 Å². The van der Waals surface area contributed by atoms with E-state index in [9.17, 15) is 4.79 Å². The number of nitrogens with one attached hydrogen (secondary N) is 2. The molecule has 0 aliphatic carbocycles. The third-order valence-electron chi connectivity index (χ3n) is 3.12. The molecule has 1 atom stereocenters. The molecule has 0 radical (unpaired) electrons. The van der Waals surface area contributed by atoms with Crippen LogP contribution in [0.2, 0.25) is 0 Å². The van der Waals surface area contributed by atoms with Gasteiger partial charge in [-0.1, -0.05) is 48.0 Å². The highest BCUT2D eigenvalue weighted by Gasteiger charge is 2.07. The standard InChI is InChI=1S/C17H20N2O2/c1-13-8-10-16(11-9-13)21-12-17(20)19-18-14(2)15-6-4-3-5-7-15/h3-11,14,18H,12H2,1-2H3,(H,19,20). The monoisotopic (exact) mass is 284 g/mol. The van der Waals surface area contributed by atoms with Crippen molar-refractivity contribution in [1.29, 1.82) is 0 Å². The summed E-state index contributed by atoms with van der Waals surface area (Å²) in [5.74, 6) is 0.477. The lowest BCUT2D eigenvalue weighted by Gasteiger charge is -2.15. The zero-order valence-corrected chi connectivity index (χ0v) is 12.3. The van der Waals surface area contributed by atoms with Gasteiger partial charge in [-0.15, -0.1) is 0 Å². The molecule has 1 amide bonds. The predicted molar refractivity (Wildman–Crippen MR) is 82.8 cm³/mol. The Hall–Kier alpha value is -2.33. The van der Waals surface area contributed by atoms with E-state index in [2.05, 4.69) is 10.9 Å². The number of hydrogen-bond acceptors (Lipinski definition) is 3. The van der Waals surface area contributed by atoms with E-state index < -0.39 is 0 Å². The summed E-state index contributed by atoms with van der Waals surface area (Å²) in [6.07, 6.45) is 0. The number of rotatable bonds is 6. The van der Waals surface area contributed by atoms with E-state index in [0.29, 0.717) is 5.75 Å². The normalized spacial score (nSPS) is 11.7. The van der Waals surface area contributed by atoms with Gasteiger partial charge in [0.05, 0.1) is 0 Å². The van der Waals surface area contributed by atoms with Crippen LogP contribution in [0.15, 0.2) is 54.6 Å². The lowest BCUT2D eigenvalue weighted by Crippen LogP contribution is -2.41. The molecule has 0 fully saturated rings. The molecule has 4 nitrogen and oxygen atoms in total. The number of benzene rings is 2. The summed E-state index contributed by atoms with van der Waals surface area (Å²) >= 11 is 0. The summed E-state index contributed by atoms with van der Waals surface area (Å²) in [5.41, 5.74) is 7.88. The van der Waals surface area contributed by atoms with Crippen LogP contribution in [0, 0.1) is 6.92 Å². The molecule has 0 aliphatic heterocycles. The van der Waals surface area contributed by atoms with Gasteiger partial charge in [0.25, 0.3) is 5.91 Å². The first-order chi connectivity index (χ1) is 10.1. The van der Waals surface area contributed by atoms with Crippen molar-refractivity contribution in [2.75, 3.05) is 6.61 Å². The number of ether oxygens (including phenoxy) is 1. The Kier molecular flexibility index (Phi) is 5.35. The van der Waals surface area contributed by atoms with Crippen molar-refractivity contribution in [3.05, 3.63) is 65.7 Å². The van der Waals surface area contributed by atoms with Crippen LogP contribution >= 0.6 is 0 Å². The Bertz CT molecular complexity index is 567. The molecule has 4 heteroatoms. The van der Waals surface area contributed by atoms with Crippen molar-refractivity contribution in [2.24, 2.45) is 0 Å². The topological polar surface area (TPSA) is 50.4 Å². The molecule has 0 spiro atoms. The lowest BCUT2D eigenvalue weighted by molar-refractivity contribution is -0.124. The van der Waals surface area contributed by atoms with Gasteiger partial charge in [0.15, 0.2) is 6.61 Å². The molecular formula is C17H20N2O2. The molecule has 2 aromatic carbocycles. The van der Waals surface area contributed by atoms with Gasteiger partial charge >= 0.3 is 0 Å². The largest absolute Gasteiger partial charge is 0.484 e. The quantitative estimate of drug-likeness (QED) is 0.802. The predicted octanol–water partition coefficient (Wildman–Crippen LogP) is 2.76. The maximum Gasteiger partial charge on any atom is 0.272 e. The van der Waals surface area contributed by atoms with Gasteiger partial charge in [-0.25, -0.2) is 5.43 Å². The van der Waals surface area contributed by atoms with Crippen LogP contribution < -0.4 is 15.6 Å². The van der Waals surface area contributed by atoms with Crippen LogP contribution in [0.1, 0.15) is 24.1 Å². The first-order valence-corrected chi connectivity index (χ1v) is 6.94. The molecule has 2 N–H and O–H groups in total. The maximum absolute atomic E-state index is 11.7. The molecule has 110 valence electrons. The van der Waals surface area contributed by atoms with Gasteiger partial charge in [0.2, 0.25) is 0 Å². The minimum absolute atomic E-state index is 0.0163. The van der Waals surface area contributed by atoms with E-state index >= 15 is 0 Å². The number of aryl methyl sites for hydroxylation is 1. The Morgan fingerprint density at radius 2 is 1.76 bits per heavy atom. The molecule has 1 unspecified atom stereocenters.